The van der Waals surface area contributed by atoms with Crippen molar-refractivity contribution in [3.05, 3.63) is 18.2 Å². The van der Waals surface area contributed by atoms with Crippen molar-refractivity contribution in [2.75, 3.05) is 14.1 Å². The molecule has 2 N–H and O–H groups in total. The van der Waals surface area contributed by atoms with Crippen LogP contribution in [-0.4, -0.2) is 29.6 Å². The highest BCUT2D eigenvalue weighted by Crippen LogP contribution is 2.18. The summed E-state index contributed by atoms with van der Waals surface area (Å²) in [6.07, 6.45) is 3.45. The number of carbonyl (C=O) groups is 1. The predicted octanol–water partition coefficient (Wildman–Crippen LogP) is 0.0836. The van der Waals surface area contributed by atoms with Gasteiger partial charge in [-0.2, -0.15) is 0 Å². The summed E-state index contributed by atoms with van der Waals surface area (Å²) in [5.74, 6) is -0.0267. The summed E-state index contributed by atoms with van der Waals surface area (Å²) in [7, 11) is 3.51. The molecular formula is C10H18N4O. The van der Waals surface area contributed by atoms with Crippen LogP contribution in [-0.2, 0) is 16.9 Å². The standard InChI is InChI=1S/C10H18N4O/c1-10(2,12-4)8-5-13-7-14(8)6-9(15)11-3/h5,7,12H,6H2,1-4H3,(H,11,15). The van der Waals surface area contributed by atoms with Gasteiger partial charge in [0.25, 0.3) is 0 Å². The number of aromatic nitrogens is 2. The summed E-state index contributed by atoms with van der Waals surface area (Å²) in [6, 6.07) is 0. The van der Waals surface area contributed by atoms with E-state index in [9.17, 15) is 4.79 Å². The molecule has 0 aliphatic carbocycles. The first-order valence-electron chi connectivity index (χ1n) is 4.91. The van der Waals surface area contributed by atoms with Gasteiger partial charge < -0.3 is 15.2 Å². The van der Waals surface area contributed by atoms with E-state index < -0.39 is 0 Å². The van der Waals surface area contributed by atoms with Gasteiger partial charge in [-0.15, -0.1) is 0 Å². The van der Waals surface area contributed by atoms with E-state index in [1.807, 2.05) is 25.5 Å². The summed E-state index contributed by atoms with van der Waals surface area (Å²) in [6.45, 7) is 4.39. The van der Waals surface area contributed by atoms with Gasteiger partial charge in [0.15, 0.2) is 0 Å². The zero-order chi connectivity index (χ0) is 11.5. The molecule has 1 rings (SSSR count). The Hall–Kier alpha value is -1.36. The molecule has 0 aliphatic heterocycles. The van der Waals surface area contributed by atoms with Crippen LogP contribution < -0.4 is 10.6 Å². The average molecular weight is 210 g/mol. The van der Waals surface area contributed by atoms with Crippen LogP contribution in [0.15, 0.2) is 12.5 Å². The van der Waals surface area contributed by atoms with Gasteiger partial charge in [-0.25, -0.2) is 4.98 Å². The Morgan fingerprint density at radius 2 is 2.20 bits per heavy atom. The first-order chi connectivity index (χ1) is 7.01. The van der Waals surface area contributed by atoms with Crippen LogP contribution in [0.2, 0.25) is 0 Å². The maximum absolute atomic E-state index is 11.3. The van der Waals surface area contributed by atoms with E-state index in [2.05, 4.69) is 15.6 Å². The number of likely N-dealkylation sites (N-methyl/N-ethyl adjacent to an activating group) is 1. The minimum absolute atomic E-state index is 0.0267. The molecule has 0 spiro atoms. The summed E-state index contributed by atoms with van der Waals surface area (Å²) < 4.78 is 1.84. The SMILES string of the molecule is CNC(=O)Cn1cncc1C(C)(C)NC. The number of amides is 1. The minimum atomic E-state index is -0.190. The maximum Gasteiger partial charge on any atom is 0.239 e. The molecule has 0 unspecified atom stereocenters. The second-order valence-electron chi connectivity index (χ2n) is 3.95. The second kappa shape index (κ2) is 4.44. The van der Waals surface area contributed by atoms with Crippen molar-refractivity contribution in [1.82, 2.24) is 20.2 Å². The fourth-order valence-corrected chi connectivity index (χ4v) is 1.33. The van der Waals surface area contributed by atoms with Crippen molar-refractivity contribution in [3.8, 4) is 0 Å². The smallest absolute Gasteiger partial charge is 0.239 e. The molecule has 15 heavy (non-hydrogen) atoms. The zero-order valence-electron chi connectivity index (χ0n) is 9.66. The molecule has 1 amide bonds. The minimum Gasteiger partial charge on any atom is -0.358 e. The number of hydrogen-bond acceptors (Lipinski definition) is 3. The van der Waals surface area contributed by atoms with Gasteiger partial charge in [0.05, 0.1) is 23.8 Å². The van der Waals surface area contributed by atoms with Gasteiger partial charge in [0.2, 0.25) is 5.91 Å². The summed E-state index contributed by atoms with van der Waals surface area (Å²) >= 11 is 0. The van der Waals surface area contributed by atoms with Gasteiger partial charge >= 0.3 is 0 Å². The monoisotopic (exact) mass is 210 g/mol. The highest BCUT2D eigenvalue weighted by Gasteiger charge is 2.22. The number of nitrogens with one attached hydrogen (secondary N) is 2. The topological polar surface area (TPSA) is 59.0 Å². The van der Waals surface area contributed by atoms with Crippen LogP contribution >= 0.6 is 0 Å². The highest BCUT2D eigenvalue weighted by molar-refractivity contribution is 5.75. The fourth-order valence-electron chi connectivity index (χ4n) is 1.33. The van der Waals surface area contributed by atoms with Crippen LogP contribution in [0.1, 0.15) is 19.5 Å². The Kier molecular flexibility index (Phi) is 3.47. The number of imidazole rings is 1. The predicted molar refractivity (Wildman–Crippen MR) is 58.4 cm³/mol. The maximum atomic E-state index is 11.3. The zero-order valence-corrected chi connectivity index (χ0v) is 9.66. The number of carbonyl (C=O) groups excluding carboxylic acids is 1. The normalized spacial score (nSPS) is 11.5. The van der Waals surface area contributed by atoms with Crippen molar-refractivity contribution in [1.29, 1.82) is 0 Å². The molecule has 0 aromatic carbocycles. The van der Waals surface area contributed by atoms with E-state index in [4.69, 9.17) is 0 Å². The molecule has 0 aliphatic rings. The summed E-state index contributed by atoms with van der Waals surface area (Å²) in [4.78, 5) is 15.3. The van der Waals surface area contributed by atoms with Crippen molar-refractivity contribution in [2.24, 2.45) is 0 Å². The van der Waals surface area contributed by atoms with E-state index in [0.717, 1.165) is 5.69 Å². The molecule has 84 valence electrons. The first kappa shape index (κ1) is 11.7. The van der Waals surface area contributed by atoms with E-state index >= 15 is 0 Å². The Balaban J connectivity index is 2.91. The lowest BCUT2D eigenvalue weighted by Crippen LogP contribution is -2.36. The fraction of sp³-hybridized carbons (Fsp3) is 0.600. The molecule has 0 radical (unpaired) electrons. The Morgan fingerprint density at radius 3 is 2.73 bits per heavy atom. The molecule has 0 atom stereocenters. The van der Waals surface area contributed by atoms with Gasteiger partial charge in [-0.1, -0.05) is 0 Å². The quantitative estimate of drug-likeness (QED) is 0.740. The van der Waals surface area contributed by atoms with Crippen LogP contribution in [0, 0.1) is 0 Å². The molecule has 1 heterocycles. The summed E-state index contributed by atoms with van der Waals surface area (Å²) in [5.41, 5.74) is 0.804. The Labute approximate surface area is 89.9 Å². The lowest BCUT2D eigenvalue weighted by atomic mass is 10.0. The van der Waals surface area contributed by atoms with Crippen molar-refractivity contribution in [3.63, 3.8) is 0 Å². The number of rotatable bonds is 4. The van der Waals surface area contributed by atoms with Crippen molar-refractivity contribution >= 4 is 5.91 Å². The largest absolute Gasteiger partial charge is 0.358 e. The lowest BCUT2D eigenvalue weighted by molar-refractivity contribution is -0.121. The van der Waals surface area contributed by atoms with Gasteiger partial charge in [0.1, 0.15) is 6.54 Å². The third-order valence-corrected chi connectivity index (χ3v) is 2.57. The molecular weight excluding hydrogens is 192 g/mol. The van der Waals surface area contributed by atoms with Crippen LogP contribution in [0.3, 0.4) is 0 Å². The van der Waals surface area contributed by atoms with Crippen molar-refractivity contribution < 1.29 is 4.79 Å². The van der Waals surface area contributed by atoms with E-state index in [1.54, 1.807) is 19.6 Å². The van der Waals surface area contributed by atoms with Crippen LogP contribution in [0.25, 0.3) is 0 Å². The second-order valence-corrected chi connectivity index (χ2v) is 3.95. The number of hydrogen-bond donors (Lipinski definition) is 2. The van der Waals surface area contributed by atoms with Crippen LogP contribution in [0.4, 0.5) is 0 Å². The average Bonchev–Trinajstić information content (AvgIpc) is 2.66. The van der Waals surface area contributed by atoms with Gasteiger partial charge in [-0.3, -0.25) is 4.79 Å². The Morgan fingerprint density at radius 1 is 1.53 bits per heavy atom. The summed E-state index contributed by atoms with van der Waals surface area (Å²) in [5, 5.41) is 5.77. The molecule has 5 heteroatoms. The number of nitrogens with zero attached hydrogens (tertiary/aromatic N) is 2. The third-order valence-electron chi connectivity index (χ3n) is 2.57. The van der Waals surface area contributed by atoms with E-state index in [-0.39, 0.29) is 11.4 Å². The van der Waals surface area contributed by atoms with E-state index in [1.165, 1.54) is 0 Å². The van der Waals surface area contributed by atoms with Gasteiger partial charge in [-0.05, 0) is 20.9 Å². The Bertz CT molecular complexity index is 343. The lowest BCUT2D eigenvalue weighted by Gasteiger charge is -2.25. The molecule has 0 saturated carbocycles. The van der Waals surface area contributed by atoms with Gasteiger partial charge in [0, 0.05) is 7.05 Å². The third kappa shape index (κ3) is 2.56. The van der Waals surface area contributed by atoms with Crippen molar-refractivity contribution in [2.45, 2.75) is 25.9 Å². The van der Waals surface area contributed by atoms with Crippen LogP contribution in [0.5, 0.6) is 0 Å². The molecule has 0 bridgehead atoms. The van der Waals surface area contributed by atoms with E-state index in [0.29, 0.717) is 6.54 Å². The molecule has 1 aromatic rings. The molecule has 5 nitrogen and oxygen atoms in total. The first-order valence-corrected chi connectivity index (χ1v) is 4.91. The molecule has 1 aromatic heterocycles. The highest BCUT2D eigenvalue weighted by atomic mass is 16.1. The molecule has 0 fully saturated rings. The molecule has 0 saturated heterocycles.